The van der Waals surface area contributed by atoms with Crippen molar-refractivity contribution in [2.75, 3.05) is 0 Å². The lowest BCUT2D eigenvalue weighted by Crippen LogP contribution is -2.32. The van der Waals surface area contributed by atoms with Crippen molar-refractivity contribution in [3.8, 4) is 11.3 Å². The molecule has 0 aliphatic carbocycles. The Kier molecular flexibility index (Phi) is 5.01. The molecule has 0 aliphatic heterocycles. The first kappa shape index (κ1) is 19.7. The molecular formula is C19H19F3N4O2. The Hall–Kier alpha value is -3.10. The van der Waals surface area contributed by atoms with E-state index in [1.807, 2.05) is 0 Å². The third-order valence-electron chi connectivity index (χ3n) is 3.76. The van der Waals surface area contributed by atoms with Gasteiger partial charge in [-0.1, -0.05) is 12.1 Å². The zero-order valence-corrected chi connectivity index (χ0v) is 15.5. The first-order chi connectivity index (χ1) is 13.0. The first-order valence-electron chi connectivity index (χ1n) is 8.51. The monoisotopic (exact) mass is 392 g/mol. The molecular weight excluding hydrogens is 373 g/mol. The van der Waals surface area contributed by atoms with Crippen LogP contribution in [0.15, 0.2) is 42.7 Å². The average Bonchev–Trinajstić information content (AvgIpc) is 2.96. The highest BCUT2D eigenvalue weighted by Crippen LogP contribution is 2.32. The van der Waals surface area contributed by atoms with E-state index in [1.54, 1.807) is 43.6 Å². The molecule has 0 fully saturated rings. The lowest BCUT2D eigenvalue weighted by atomic mass is 10.1. The molecule has 2 aromatic heterocycles. The van der Waals surface area contributed by atoms with Gasteiger partial charge in [0.2, 0.25) is 5.78 Å². The van der Waals surface area contributed by atoms with Gasteiger partial charge in [0.1, 0.15) is 5.60 Å². The molecule has 0 radical (unpaired) electrons. The van der Waals surface area contributed by atoms with Gasteiger partial charge in [-0.25, -0.2) is 14.8 Å². The summed E-state index contributed by atoms with van der Waals surface area (Å²) in [6.07, 6.45) is -1.76. The quantitative estimate of drug-likeness (QED) is 0.716. The van der Waals surface area contributed by atoms with Crippen molar-refractivity contribution in [3.05, 3.63) is 54.0 Å². The Morgan fingerprint density at radius 2 is 1.86 bits per heavy atom. The van der Waals surface area contributed by atoms with Gasteiger partial charge in [-0.15, -0.1) is 0 Å². The van der Waals surface area contributed by atoms with Crippen LogP contribution < -0.4 is 5.32 Å². The van der Waals surface area contributed by atoms with E-state index in [4.69, 9.17) is 4.74 Å². The third-order valence-corrected chi connectivity index (χ3v) is 3.76. The molecule has 148 valence electrons. The molecule has 0 saturated heterocycles. The SMILES string of the molecule is CC(C)(C)OC(=O)NCc1nc2ncccn2c1-c1ccc(C(F)(F)F)cc1. The molecule has 1 aromatic carbocycles. The van der Waals surface area contributed by atoms with Gasteiger partial charge in [-0.2, -0.15) is 13.2 Å². The molecule has 0 bridgehead atoms. The number of halogens is 3. The molecule has 1 amide bonds. The van der Waals surface area contributed by atoms with Crippen LogP contribution in [-0.4, -0.2) is 26.1 Å². The number of alkyl halides is 3. The minimum atomic E-state index is -4.42. The summed E-state index contributed by atoms with van der Waals surface area (Å²) in [7, 11) is 0. The van der Waals surface area contributed by atoms with Crippen LogP contribution in [0.1, 0.15) is 32.0 Å². The van der Waals surface area contributed by atoms with Gasteiger partial charge >= 0.3 is 12.3 Å². The number of nitrogens with one attached hydrogen (secondary N) is 1. The van der Waals surface area contributed by atoms with Crippen molar-refractivity contribution >= 4 is 11.9 Å². The number of ether oxygens (including phenoxy) is 1. The van der Waals surface area contributed by atoms with Gasteiger partial charge in [-0.3, -0.25) is 4.40 Å². The zero-order valence-electron chi connectivity index (χ0n) is 15.5. The lowest BCUT2D eigenvalue weighted by Gasteiger charge is -2.19. The van der Waals surface area contributed by atoms with Gasteiger partial charge in [0.25, 0.3) is 0 Å². The van der Waals surface area contributed by atoms with E-state index < -0.39 is 23.4 Å². The van der Waals surface area contributed by atoms with Gasteiger partial charge < -0.3 is 10.1 Å². The topological polar surface area (TPSA) is 68.5 Å². The number of amides is 1. The fourth-order valence-electron chi connectivity index (χ4n) is 2.65. The second-order valence-electron chi connectivity index (χ2n) is 7.13. The van der Waals surface area contributed by atoms with Crippen LogP contribution >= 0.6 is 0 Å². The van der Waals surface area contributed by atoms with E-state index in [9.17, 15) is 18.0 Å². The van der Waals surface area contributed by atoms with E-state index in [2.05, 4.69) is 15.3 Å². The molecule has 9 heteroatoms. The summed E-state index contributed by atoms with van der Waals surface area (Å²) >= 11 is 0. The van der Waals surface area contributed by atoms with E-state index in [1.165, 1.54) is 12.1 Å². The summed E-state index contributed by atoms with van der Waals surface area (Å²) < 4.78 is 45.4. The van der Waals surface area contributed by atoms with Gasteiger partial charge in [-0.05, 0) is 39.0 Å². The molecule has 6 nitrogen and oxygen atoms in total. The predicted molar refractivity (Wildman–Crippen MR) is 96.5 cm³/mol. The Morgan fingerprint density at radius 1 is 1.18 bits per heavy atom. The second-order valence-corrected chi connectivity index (χ2v) is 7.13. The summed E-state index contributed by atoms with van der Waals surface area (Å²) in [4.78, 5) is 20.5. The molecule has 0 aliphatic rings. The molecule has 0 saturated carbocycles. The van der Waals surface area contributed by atoms with Gasteiger partial charge in [0.05, 0.1) is 23.5 Å². The smallest absolute Gasteiger partial charge is 0.416 e. The summed E-state index contributed by atoms with van der Waals surface area (Å²) in [5.41, 5.74) is 0.143. The Balaban J connectivity index is 1.95. The van der Waals surface area contributed by atoms with E-state index in [0.717, 1.165) is 12.1 Å². The number of hydrogen-bond donors (Lipinski definition) is 1. The number of carbonyl (C=O) groups excluding carboxylic acids is 1. The van der Waals surface area contributed by atoms with E-state index in [-0.39, 0.29) is 6.54 Å². The average molecular weight is 392 g/mol. The number of benzene rings is 1. The zero-order chi connectivity index (χ0) is 20.5. The summed E-state index contributed by atoms with van der Waals surface area (Å²) in [5.74, 6) is 0.374. The van der Waals surface area contributed by atoms with Crippen molar-refractivity contribution in [2.45, 2.75) is 39.1 Å². The van der Waals surface area contributed by atoms with Crippen LogP contribution in [0.5, 0.6) is 0 Å². The Bertz CT molecular complexity index is 989. The van der Waals surface area contributed by atoms with E-state index >= 15 is 0 Å². The number of nitrogens with zero attached hydrogens (tertiary/aromatic N) is 3. The van der Waals surface area contributed by atoms with Gasteiger partial charge in [0.15, 0.2) is 0 Å². The Morgan fingerprint density at radius 3 is 2.46 bits per heavy atom. The number of alkyl carbamates (subject to hydrolysis) is 1. The fourth-order valence-corrected chi connectivity index (χ4v) is 2.65. The maximum absolute atomic E-state index is 12.9. The maximum Gasteiger partial charge on any atom is 0.416 e. The molecule has 0 unspecified atom stereocenters. The van der Waals surface area contributed by atoms with Crippen LogP contribution in [0, 0.1) is 0 Å². The number of fused-ring (bicyclic) bond motifs is 1. The summed E-state index contributed by atoms with van der Waals surface area (Å²) in [6.45, 7) is 5.27. The number of imidazole rings is 1. The van der Waals surface area contributed by atoms with Crippen molar-refractivity contribution < 1.29 is 22.7 Å². The minimum absolute atomic E-state index is 0.0363. The number of carbonyl (C=O) groups is 1. The van der Waals surface area contributed by atoms with Crippen LogP contribution in [0.25, 0.3) is 17.0 Å². The van der Waals surface area contributed by atoms with Crippen LogP contribution in [0.2, 0.25) is 0 Å². The normalized spacial score (nSPS) is 12.2. The number of aromatic nitrogens is 3. The maximum atomic E-state index is 12.9. The molecule has 0 atom stereocenters. The molecule has 0 spiro atoms. The van der Waals surface area contributed by atoms with E-state index in [0.29, 0.717) is 22.7 Å². The molecule has 28 heavy (non-hydrogen) atoms. The predicted octanol–water partition coefficient (Wildman–Crippen LogP) is 4.44. The van der Waals surface area contributed by atoms with Crippen LogP contribution in [0.4, 0.5) is 18.0 Å². The fraction of sp³-hybridized carbons (Fsp3) is 0.316. The van der Waals surface area contributed by atoms with Gasteiger partial charge in [0, 0.05) is 18.0 Å². The highest BCUT2D eigenvalue weighted by Gasteiger charge is 2.30. The number of hydrogen-bond acceptors (Lipinski definition) is 4. The Labute approximate surface area is 159 Å². The molecule has 3 aromatic rings. The van der Waals surface area contributed by atoms with Crippen molar-refractivity contribution in [2.24, 2.45) is 0 Å². The minimum Gasteiger partial charge on any atom is -0.444 e. The molecule has 1 N–H and O–H groups in total. The number of rotatable bonds is 3. The first-order valence-corrected chi connectivity index (χ1v) is 8.51. The second kappa shape index (κ2) is 7.14. The standard InChI is InChI=1S/C19H19F3N4O2/c1-18(2,3)28-17(27)24-11-14-15(26-10-4-9-23-16(26)25-14)12-5-7-13(8-6-12)19(20,21)22/h4-10H,11H2,1-3H3,(H,24,27). The van der Waals surface area contributed by atoms with Crippen molar-refractivity contribution in [3.63, 3.8) is 0 Å². The highest BCUT2D eigenvalue weighted by atomic mass is 19.4. The van der Waals surface area contributed by atoms with Crippen molar-refractivity contribution in [1.82, 2.24) is 19.7 Å². The largest absolute Gasteiger partial charge is 0.444 e. The highest BCUT2D eigenvalue weighted by molar-refractivity contribution is 5.70. The lowest BCUT2D eigenvalue weighted by molar-refractivity contribution is -0.137. The van der Waals surface area contributed by atoms with Crippen LogP contribution in [-0.2, 0) is 17.5 Å². The molecule has 3 rings (SSSR count). The molecule has 2 heterocycles. The summed E-state index contributed by atoms with van der Waals surface area (Å²) in [5, 5.41) is 2.62. The third kappa shape index (κ3) is 4.41. The van der Waals surface area contributed by atoms with Crippen LogP contribution in [0.3, 0.4) is 0 Å². The van der Waals surface area contributed by atoms with Crippen molar-refractivity contribution in [1.29, 1.82) is 0 Å². The summed E-state index contributed by atoms with van der Waals surface area (Å²) in [6, 6.07) is 6.45.